The number of benzene rings is 1. The first-order chi connectivity index (χ1) is 13.7. The molecule has 0 amide bonds. The van der Waals surface area contributed by atoms with Crippen molar-refractivity contribution in [2.24, 2.45) is 5.92 Å². The molecule has 0 aliphatic carbocycles. The van der Waals surface area contributed by atoms with Crippen molar-refractivity contribution in [2.75, 3.05) is 19.6 Å². The van der Waals surface area contributed by atoms with Crippen molar-refractivity contribution in [2.45, 2.75) is 38.9 Å². The van der Waals surface area contributed by atoms with E-state index in [1.165, 1.54) is 18.5 Å². The van der Waals surface area contributed by atoms with Crippen LogP contribution in [0.1, 0.15) is 30.1 Å². The lowest BCUT2D eigenvalue weighted by Gasteiger charge is -2.35. The maximum absolute atomic E-state index is 5.57. The van der Waals surface area contributed by atoms with Gasteiger partial charge in [0.1, 0.15) is 0 Å². The first-order valence-corrected chi connectivity index (χ1v) is 10.1. The van der Waals surface area contributed by atoms with Crippen LogP contribution < -0.4 is 0 Å². The van der Waals surface area contributed by atoms with Crippen LogP contribution in [0, 0.1) is 12.8 Å². The van der Waals surface area contributed by atoms with Crippen molar-refractivity contribution in [1.82, 2.24) is 29.9 Å². The molecule has 0 radical (unpaired) electrons. The Hall–Kier alpha value is -2.51. The van der Waals surface area contributed by atoms with E-state index in [-0.39, 0.29) is 0 Å². The number of rotatable bonds is 5. The molecule has 7 nitrogen and oxygen atoms in total. The fourth-order valence-corrected chi connectivity index (χ4v) is 4.55. The SMILES string of the molecule is Cc1[nH]cnc1CN1C[C@H]2CC[C@@H](C1)N(Cc1nc(-c3ccccc3)no1)C2. The molecule has 0 saturated carbocycles. The molecule has 2 bridgehead atoms. The van der Waals surface area contributed by atoms with Crippen molar-refractivity contribution in [1.29, 1.82) is 0 Å². The highest BCUT2D eigenvalue weighted by molar-refractivity contribution is 5.53. The molecule has 3 aliphatic heterocycles. The number of aryl methyl sites for hydroxylation is 1. The van der Waals surface area contributed by atoms with Gasteiger partial charge in [-0.3, -0.25) is 9.80 Å². The molecule has 3 fully saturated rings. The molecule has 146 valence electrons. The highest BCUT2D eigenvalue weighted by Gasteiger charge is 2.35. The van der Waals surface area contributed by atoms with Crippen LogP contribution in [0.2, 0.25) is 0 Å². The second-order valence-corrected chi connectivity index (χ2v) is 8.07. The molecule has 1 aromatic carbocycles. The maximum Gasteiger partial charge on any atom is 0.241 e. The molecule has 3 aromatic rings. The minimum atomic E-state index is 0.532. The van der Waals surface area contributed by atoms with Crippen LogP contribution in [0.15, 0.2) is 41.2 Å². The zero-order valence-corrected chi connectivity index (χ0v) is 16.2. The number of imidazole rings is 1. The molecule has 3 saturated heterocycles. The van der Waals surface area contributed by atoms with Gasteiger partial charge in [-0.15, -0.1) is 0 Å². The molecule has 5 heterocycles. The van der Waals surface area contributed by atoms with Crippen LogP contribution in [0.5, 0.6) is 0 Å². The lowest BCUT2D eigenvalue weighted by Crippen LogP contribution is -2.43. The fourth-order valence-electron chi connectivity index (χ4n) is 4.55. The molecule has 0 spiro atoms. The summed E-state index contributed by atoms with van der Waals surface area (Å²) in [4.78, 5) is 17.4. The van der Waals surface area contributed by atoms with Gasteiger partial charge in [0.05, 0.1) is 18.6 Å². The zero-order chi connectivity index (χ0) is 18.9. The number of hydrogen-bond donors (Lipinski definition) is 1. The van der Waals surface area contributed by atoms with E-state index in [9.17, 15) is 0 Å². The quantitative estimate of drug-likeness (QED) is 0.736. The van der Waals surface area contributed by atoms with Gasteiger partial charge in [0.15, 0.2) is 0 Å². The average molecular weight is 378 g/mol. The molecular formula is C21H26N6O. The van der Waals surface area contributed by atoms with Crippen LogP contribution in [0.25, 0.3) is 11.4 Å². The van der Waals surface area contributed by atoms with Gasteiger partial charge in [-0.05, 0) is 25.7 Å². The Balaban J connectivity index is 1.27. The third-order valence-corrected chi connectivity index (χ3v) is 6.05. The predicted octanol–water partition coefficient (Wildman–Crippen LogP) is 2.86. The summed E-state index contributed by atoms with van der Waals surface area (Å²) in [5.41, 5.74) is 3.33. The number of aromatic nitrogens is 4. The zero-order valence-electron chi connectivity index (χ0n) is 16.2. The summed E-state index contributed by atoms with van der Waals surface area (Å²) in [6.45, 7) is 7.07. The van der Waals surface area contributed by atoms with Crippen LogP contribution in [0.3, 0.4) is 0 Å². The molecule has 2 aromatic heterocycles. The van der Waals surface area contributed by atoms with Crippen LogP contribution in [0.4, 0.5) is 0 Å². The third kappa shape index (κ3) is 3.59. The average Bonchev–Trinajstić information content (AvgIpc) is 3.24. The first-order valence-electron chi connectivity index (χ1n) is 10.1. The van der Waals surface area contributed by atoms with Crippen molar-refractivity contribution in [3.63, 3.8) is 0 Å². The van der Waals surface area contributed by atoms with E-state index in [4.69, 9.17) is 4.52 Å². The Bertz CT molecular complexity index is 920. The van der Waals surface area contributed by atoms with Gasteiger partial charge in [0.25, 0.3) is 0 Å². The summed E-state index contributed by atoms with van der Waals surface area (Å²) in [5.74, 6) is 2.07. The summed E-state index contributed by atoms with van der Waals surface area (Å²) in [7, 11) is 0. The molecule has 1 N–H and O–H groups in total. The van der Waals surface area contributed by atoms with E-state index < -0.39 is 0 Å². The van der Waals surface area contributed by atoms with E-state index in [0.717, 1.165) is 44.0 Å². The van der Waals surface area contributed by atoms with Crippen LogP contribution in [-0.4, -0.2) is 55.6 Å². The fraction of sp³-hybridized carbons (Fsp3) is 0.476. The van der Waals surface area contributed by atoms with Gasteiger partial charge in [-0.25, -0.2) is 4.98 Å². The highest BCUT2D eigenvalue weighted by atomic mass is 16.5. The largest absolute Gasteiger partial charge is 0.348 e. The number of fused-ring (bicyclic) bond motifs is 4. The summed E-state index contributed by atoms with van der Waals surface area (Å²) >= 11 is 0. The second kappa shape index (κ2) is 7.48. The Morgan fingerprint density at radius 2 is 2.00 bits per heavy atom. The maximum atomic E-state index is 5.57. The molecule has 2 atom stereocenters. The Kier molecular flexibility index (Phi) is 4.70. The number of nitrogens with one attached hydrogen (secondary N) is 1. The van der Waals surface area contributed by atoms with E-state index in [2.05, 4.69) is 36.8 Å². The van der Waals surface area contributed by atoms with E-state index in [1.807, 2.05) is 30.3 Å². The number of hydrogen-bond acceptors (Lipinski definition) is 6. The van der Waals surface area contributed by atoms with Crippen molar-refractivity contribution in [3.05, 3.63) is 53.9 Å². The number of nitrogens with zero attached hydrogens (tertiary/aromatic N) is 5. The lowest BCUT2D eigenvalue weighted by atomic mass is 9.95. The van der Waals surface area contributed by atoms with Gasteiger partial charge >= 0.3 is 0 Å². The smallest absolute Gasteiger partial charge is 0.241 e. The molecule has 3 aliphatic rings. The lowest BCUT2D eigenvalue weighted by molar-refractivity contribution is 0.109. The summed E-state index contributed by atoms with van der Waals surface area (Å²) < 4.78 is 5.57. The summed E-state index contributed by atoms with van der Waals surface area (Å²) in [6.07, 6.45) is 4.33. The van der Waals surface area contributed by atoms with Crippen LogP contribution >= 0.6 is 0 Å². The van der Waals surface area contributed by atoms with Crippen molar-refractivity contribution < 1.29 is 4.52 Å². The first kappa shape index (κ1) is 17.6. The second-order valence-electron chi connectivity index (χ2n) is 8.07. The van der Waals surface area contributed by atoms with Crippen LogP contribution in [-0.2, 0) is 13.1 Å². The van der Waals surface area contributed by atoms with Gasteiger partial charge < -0.3 is 9.51 Å². The highest BCUT2D eigenvalue weighted by Crippen LogP contribution is 2.30. The van der Waals surface area contributed by atoms with E-state index >= 15 is 0 Å². The molecule has 0 unspecified atom stereocenters. The molecular weight excluding hydrogens is 352 g/mol. The van der Waals surface area contributed by atoms with Gasteiger partial charge in [-0.1, -0.05) is 35.5 Å². The Morgan fingerprint density at radius 1 is 1.11 bits per heavy atom. The van der Waals surface area contributed by atoms with E-state index in [0.29, 0.717) is 23.7 Å². The predicted molar refractivity (Wildman–Crippen MR) is 105 cm³/mol. The summed E-state index contributed by atoms with van der Waals surface area (Å²) in [6, 6.07) is 10.5. The number of H-pyrrole nitrogens is 1. The van der Waals surface area contributed by atoms with Gasteiger partial charge in [0, 0.05) is 43.5 Å². The van der Waals surface area contributed by atoms with Gasteiger partial charge in [0.2, 0.25) is 11.7 Å². The molecule has 28 heavy (non-hydrogen) atoms. The Labute approximate surface area is 164 Å². The number of piperidine rings is 1. The summed E-state index contributed by atoms with van der Waals surface area (Å²) in [5, 5.41) is 4.18. The standard InChI is InChI=1S/C21H26N6O/c1-15-19(23-14-22-15)12-26-9-16-7-8-18(11-26)27(10-16)13-20-24-21(25-28-20)17-5-3-2-4-6-17/h2-6,14,16,18H,7-13H2,1H3,(H,22,23)/t16-,18+/m1/s1. The van der Waals surface area contributed by atoms with Crippen molar-refractivity contribution in [3.8, 4) is 11.4 Å². The van der Waals surface area contributed by atoms with Gasteiger partial charge in [-0.2, -0.15) is 4.98 Å². The normalized spacial score (nSPS) is 23.2. The van der Waals surface area contributed by atoms with E-state index in [1.54, 1.807) is 6.33 Å². The monoisotopic (exact) mass is 378 g/mol. The Morgan fingerprint density at radius 3 is 2.82 bits per heavy atom. The topological polar surface area (TPSA) is 74.1 Å². The number of aromatic amines is 1. The minimum absolute atomic E-state index is 0.532. The minimum Gasteiger partial charge on any atom is -0.348 e. The molecule has 7 heteroatoms. The van der Waals surface area contributed by atoms with Crippen molar-refractivity contribution >= 4 is 0 Å². The molecule has 6 rings (SSSR count). The third-order valence-electron chi connectivity index (χ3n) is 6.05.